The highest BCUT2D eigenvalue weighted by Crippen LogP contribution is 2.19. The normalized spacial score (nSPS) is 10.6. The molecule has 0 atom stereocenters. The van der Waals surface area contributed by atoms with Crippen molar-refractivity contribution in [2.75, 3.05) is 13.6 Å². The summed E-state index contributed by atoms with van der Waals surface area (Å²) in [7, 11) is 1.95. The molecule has 0 unspecified atom stereocenters. The minimum absolute atomic E-state index is 0.738. The van der Waals surface area contributed by atoms with Crippen molar-refractivity contribution in [3.8, 4) is 11.3 Å². The van der Waals surface area contributed by atoms with E-state index >= 15 is 0 Å². The highest BCUT2D eigenvalue weighted by atomic mass is 35.5. The minimum atomic E-state index is 0.738. The third kappa shape index (κ3) is 3.52. The molecule has 2 aromatic rings. The Morgan fingerprint density at radius 3 is 2.67 bits per heavy atom. The maximum Gasteiger partial charge on any atom is 0.128 e. The SMILES string of the molecule is CNCCCc1nccc(-c2ccc(Cl)cc2)n1. The summed E-state index contributed by atoms with van der Waals surface area (Å²) in [6.07, 6.45) is 3.74. The van der Waals surface area contributed by atoms with Crippen LogP contribution in [0.15, 0.2) is 36.5 Å². The molecule has 0 saturated carbocycles. The summed E-state index contributed by atoms with van der Waals surface area (Å²) < 4.78 is 0. The van der Waals surface area contributed by atoms with Crippen LogP contribution >= 0.6 is 11.6 Å². The average molecular weight is 262 g/mol. The number of aryl methyl sites for hydroxylation is 1. The van der Waals surface area contributed by atoms with Gasteiger partial charge in [0.2, 0.25) is 0 Å². The number of halogens is 1. The summed E-state index contributed by atoms with van der Waals surface area (Å²) in [6, 6.07) is 9.62. The van der Waals surface area contributed by atoms with E-state index in [4.69, 9.17) is 11.6 Å². The van der Waals surface area contributed by atoms with Gasteiger partial charge in [0.15, 0.2) is 0 Å². The summed E-state index contributed by atoms with van der Waals surface area (Å²) in [5.74, 6) is 0.887. The molecule has 0 aliphatic rings. The Balaban J connectivity index is 2.13. The first-order valence-corrected chi connectivity index (χ1v) is 6.40. The third-order valence-electron chi connectivity index (χ3n) is 2.67. The van der Waals surface area contributed by atoms with Crippen molar-refractivity contribution in [1.29, 1.82) is 0 Å². The quantitative estimate of drug-likeness (QED) is 0.841. The van der Waals surface area contributed by atoms with E-state index in [-0.39, 0.29) is 0 Å². The first kappa shape index (κ1) is 13.0. The van der Waals surface area contributed by atoms with Crippen LogP contribution in [-0.2, 0) is 6.42 Å². The van der Waals surface area contributed by atoms with Crippen LogP contribution in [-0.4, -0.2) is 23.6 Å². The van der Waals surface area contributed by atoms with Crippen LogP contribution in [0.2, 0.25) is 5.02 Å². The van der Waals surface area contributed by atoms with E-state index in [0.717, 1.165) is 41.5 Å². The Morgan fingerprint density at radius 2 is 1.94 bits per heavy atom. The first-order valence-electron chi connectivity index (χ1n) is 6.02. The Kier molecular flexibility index (Phi) is 4.67. The zero-order valence-electron chi connectivity index (χ0n) is 10.4. The number of benzene rings is 1. The van der Waals surface area contributed by atoms with E-state index in [1.807, 2.05) is 43.6 Å². The molecule has 1 N–H and O–H groups in total. The number of rotatable bonds is 5. The predicted molar refractivity (Wildman–Crippen MR) is 74.7 cm³/mol. The lowest BCUT2D eigenvalue weighted by Gasteiger charge is -2.04. The molecule has 3 nitrogen and oxygen atoms in total. The van der Waals surface area contributed by atoms with E-state index in [2.05, 4.69) is 15.3 Å². The van der Waals surface area contributed by atoms with Crippen LogP contribution in [0.3, 0.4) is 0 Å². The molecule has 0 spiro atoms. The molecule has 0 saturated heterocycles. The van der Waals surface area contributed by atoms with Gasteiger partial charge in [-0.05, 0) is 38.2 Å². The summed E-state index contributed by atoms with van der Waals surface area (Å²) >= 11 is 5.88. The molecule has 2 rings (SSSR count). The molecule has 4 heteroatoms. The van der Waals surface area contributed by atoms with Gasteiger partial charge in [-0.15, -0.1) is 0 Å². The molecule has 18 heavy (non-hydrogen) atoms. The second kappa shape index (κ2) is 6.47. The summed E-state index contributed by atoms with van der Waals surface area (Å²) in [5.41, 5.74) is 2.01. The molecule has 94 valence electrons. The maximum atomic E-state index is 5.88. The van der Waals surface area contributed by atoms with E-state index < -0.39 is 0 Å². The van der Waals surface area contributed by atoms with Crippen molar-refractivity contribution >= 4 is 11.6 Å². The fraction of sp³-hybridized carbons (Fsp3) is 0.286. The molecule has 1 heterocycles. The van der Waals surface area contributed by atoms with E-state index in [0.29, 0.717) is 0 Å². The van der Waals surface area contributed by atoms with Crippen molar-refractivity contribution in [3.63, 3.8) is 0 Å². The molecule has 0 aliphatic heterocycles. The molecule has 0 fully saturated rings. The lowest BCUT2D eigenvalue weighted by atomic mass is 10.1. The number of aromatic nitrogens is 2. The van der Waals surface area contributed by atoms with Gasteiger partial charge >= 0.3 is 0 Å². The minimum Gasteiger partial charge on any atom is -0.320 e. The summed E-state index contributed by atoms with van der Waals surface area (Å²) in [4.78, 5) is 8.85. The average Bonchev–Trinajstić information content (AvgIpc) is 2.40. The lowest BCUT2D eigenvalue weighted by molar-refractivity contribution is 0.703. The topological polar surface area (TPSA) is 37.8 Å². The fourth-order valence-electron chi connectivity index (χ4n) is 1.72. The third-order valence-corrected chi connectivity index (χ3v) is 2.92. The van der Waals surface area contributed by atoms with Crippen LogP contribution in [0.1, 0.15) is 12.2 Å². The largest absolute Gasteiger partial charge is 0.320 e. The highest BCUT2D eigenvalue weighted by Gasteiger charge is 2.02. The van der Waals surface area contributed by atoms with Crippen LogP contribution in [0.5, 0.6) is 0 Å². The first-order chi connectivity index (χ1) is 8.79. The fourth-order valence-corrected chi connectivity index (χ4v) is 1.85. The van der Waals surface area contributed by atoms with Crippen LogP contribution in [0.25, 0.3) is 11.3 Å². The molecule has 0 aliphatic carbocycles. The molecule has 1 aromatic carbocycles. The van der Waals surface area contributed by atoms with Crippen LogP contribution in [0.4, 0.5) is 0 Å². The predicted octanol–water partition coefficient (Wildman–Crippen LogP) is 2.95. The summed E-state index contributed by atoms with van der Waals surface area (Å²) in [5, 5.41) is 3.86. The zero-order chi connectivity index (χ0) is 12.8. The number of nitrogens with zero attached hydrogens (tertiary/aromatic N) is 2. The van der Waals surface area contributed by atoms with Crippen molar-refractivity contribution in [2.45, 2.75) is 12.8 Å². The lowest BCUT2D eigenvalue weighted by Crippen LogP contribution is -2.09. The number of hydrogen-bond acceptors (Lipinski definition) is 3. The van der Waals surface area contributed by atoms with Crippen molar-refractivity contribution in [1.82, 2.24) is 15.3 Å². The summed E-state index contributed by atoms with van der Waals surface area (Å²) in [6.45, 7) is 0.981. The molecule has 0 radical (unpaired) electrons. The number of hydrogen-bond donors (Lipinski definition) is 1. The van der Waals surface area contributed by atoms with Gasteiger partial charge in [-0.1, -0.05) is 23.7 Å². The Labute approximate surface area is 112 Å². The number of nitrogens with one attached hydrogen (secondary N) is 1. The highest BCUT2D eigenvalue weighted by molar-refractivity contribution is 6.30. The smallest absolute Gasteiger partial charge is 0.128 e. The van der Waals surface area contributed by atoms with Gasteiger partial charge in [-0.2, -0.15) is 0 Å². The maximum absolute atomic E-state index is 5.88. The van der Waals surface area contributed by atoms with Gasteiger partial charge in [0.05, 0.1) is 5.69 Å². The molecular formula is C14H16ClN3. The van der Waals surface area contributed by atoms with E-state index in [9.17, 15) is 0 Å². The van der Waals surface area contributed by atoms with E-state index in [1.54, 1.807) is 0 Å². The van der Waals surface area contributed by atoms with Gasteiger partial charge in [0.25, 0.3) is 0 Å². The van der Waals surface area contributed by atoms with Crippen molar-refractivity contribution in [2.24, 2.45) is 0 Å². The van der Waals surface area contributed by atoms with Gasteiger partial charge in [0, 0.05) is 23.2 Å². The Bertz CT molecular complexity index is 497. The van der Waals surface area contributed by atoms with Gasteiger partial charge in [-0.25, -0.2) is 9.97 Å². The monoisotopic (exact) mass is 261 g/mol. The van der Waals surface area contributed by atoms with Crippen molar-refractivity contribution in [3.05, 3.63) is 47.4 Å². The van der Waals surface area contributed by atoms with E-state index in [1.165, 1.54) is 0 Å². The van der Waals surface area contributed by atoms with Gasteiger partial charge < -0.3 is 5.32 Å². The Morgan fingerprint density at radius 1 is 1.17 bits per heavy atom. The molecule has 0 bridgehead atoms. The second-order valence-electron chi connectivity index (χ2n) is 4.07. The van der Waals surface area contributed by atoms with Gasteiger partial charge in [0.1, 0.15) is 5.82 Å². The van der Waals surface area contributed by atoms with Gasteiger partial charge in [-0.3, -0.25) is 0 Å². The zero-order valence-corrected chi connectivity index (χ0v) is 11.1. The Hall–Kier alpha value is -1.45. The second-order valence-corrected chi connectivity index (χ2v) is 4.51. The molecule has 1 aromatic heterocycles. The van der Waals surface area contributed by atoms with Crippen molar-refractivity contribution < 1.29 is 0 Å². The standard InChI is InChI=1S/C14H16ClN3/c1-16-9-2-3-14-17-10-8-13(18-14)11-4-6-12(15)7-5-11/h4-8,10,16H,2-3,9H2,1H3. The van der Waals surface area contributed by atoms with Crippen LogP contribution in [0, 0.1) is 0 Å². The van der Waals surface area contributed by atoms with Crippen LogP contribution < -0.4 is 5.32 Å². The molecular weight excluding hydrogens is 246 g/mol. The molecule has 0 amide bonds.